The molecule has 0 bridgehead atoms. The Bertz CT molecular complexity index is 177. The van der Waals surface area contributed by atoms with Crippen molar-refractivity contribution >= 4 is 0 Å². The summed E-state index contributed by atoms with van der Waals surface area (Å²) < 4.78 is 0. The van der Waals surface area contributed by atoms with Crippen molar-refractivity contribution in [1.29, 1.82) is 0 Å². The van der Waals surface area contributed by atoms with E-state index in [-0.39, 0.29) is 0 Å². The molecule has 0 amide bonds. The Labute approximate surface area is 87.3 Å². The minimum Gasteiger partial charge on any atom is -0.395 e. The van der Waals surface area contributed by atoms with Gasteiger partial charge in [-0.2, -0.15) is 0 Å². The van der Waals surface area contributed by atoms with E-state index in [1.165, 1.54) is 45.2 Å². The van der Waals surface area contributed by atoms with Gasteiger partial charge < -0.3 is 5.11 Å². The molecule has 0 aromatic heterocycles. The molecule has 1 aliphatic heterocycles. The topological polar surface area (TPSA) is 23.5 Å². The van der Waals surface area contributed by atoms with Crippen molar-refractivity contribution in [1.82, 2.24) is 4.90 Å². The van der Waals surface area contributed by atoms with Crippen molar-refractivity contribution in [2.45, 2.75) is 45.1 Å². The molecule has 0 aromatic rings. The van der Waals surface area contributed by atoms with Crippen LogP contribution in [-0.2, 0) is 0 Å². The van der Waals surface area contributed by atoms with E-state index in [1.807, 2.05) is 0 Å². The SMILES string of the molecule is CC1CCN(CC2CCCC2)C1CO. The number of hydrogen-bond acceptors (Lipinski definition) is 2. The molecule has 0 radical (unpaired) electrons. The fourth-order valence-electron chi connectivity index (χ4n) is 3.13. The second-order valence-electron chi connectivity index (χ2n) is 5.16. The van der Waals surface area contributed by atoms with Gasteiger partial charge in [-0.15, -0.1) is 0 Å². The van der Waals surface area contributed by atoms with E-state index in [0.29, 0.717) is 18.6 Å². The van der Waals surface area contributed by atoms with E-state index in [4.69, 9.17) is 0 Å². The fraction of sp³-hybridized carbons (Fsp3) is 1.00. The third-order valence-electron chi connectivity index (χ3n) is 4.15. The summed E-state index contributed by atoms with van der Waals surface area (Å²) in [5, 5.41) is 9.34. The first kappa shape index (κ1) is 10.4. The number of nitrogens with zero attached hydrogens (tertiary/aromatic N) is 1. The summed E-state index contributed by atoms with van der Waals surface area (Å²) >= 11 is 0. The molecule has 82 valence electrons. The average molecular weight is 197 g/mol. The van der Waals surface area contributed by atoms with Gasteiger partial charge in [0.05, 0.1) is 6.61 Å². The van der Waals surface area contributed by atoms with Gasteiger partial charge in [0.25, 0.3) is 0 Å². The van der Waals surface area contributed by atoms with E-state index < -0.39 is 0 Å². The number of likely N-dealkylation sites (tertiary alicyclic amines) is 1. The van der Waals surface area contributed by atoms with Crippen LogP contribution in [0.15, 0.2) is 0 Å². The summed E-state index contributed by atoms with van der Waals surface area (Å²) in [6.07, 6.45) is 6.97. The first-order chi connectivity index (χ1) is 6.81. The van der Waals surface area contributed by atoms with Crippen LogP contribution in [0.3, 0.4) is 0 Å². The highest BCUT2D eigenvalue weighted by Gasteiger charge is 2.32. The van der Waals surface area contributed by atoms with Gasteiger partial charge in [-0.25, -0.2) is 0 Å². The number of rotatable bonds is 3. The molecule has 0 aromatic carbocycles. The van der Waals surface area contributed by atoms with Crippen molar-refractivity contribution in [2.24, 2.45) is 11.8 Å². The lowest BCUT2D eigenvalue weighted by Gasteiger charge is -2.27. The minimum absolute atomic E-state index is 0.355. The number of aliphatic hydroxyl groups excluding tert-OH is 1. The zero-order chi connectivity index (χ0) is 9.97. The lowest BCUT2D eigenvalue weighted by molar-refractivity contribution is 0.125. The van der Waals surface area contributed by atoms with E-state index in [9.17, 15) is 5.11 Å². The van der Waals surface area contributed by atoms with Gasteiger partial charge in [0, 0.05) is 12.6 Å². The lowest BCUT2D eigenvalue weighted by Crippen LogP contribution is -2.38. The highest BCUT2D eigenvalue weighted by atomic mass is 16.3. The molecule has 2 rings (SSSR count). The zero-order valence-electron chi connectivity index (χ0n) is 9.28. The van der Waals surface area contributed by atoms with E-state index in [1.54, 1.807) is 0 Å². The molecule has 2 aliphatic rings. The number of hydrogen-bond donors (Lipinski definition) is 1. The van der Waals surface area contributed by atoms with Gasteiger partial charge in [-0.3, -0.25) is 4.90 Å². The molecular formula is C12H23NO. The van der Waals surface area contributed by atoms with Crippen LogP contribution in [0.4, 0.5) is 0 Å². The van der Waals surface area contributed by atoms with Gasteiger partial charge in [0.15, 0.2) is 0 Å². The Morgan fingerprint density at radius 1 is 1.21 bits per heavy atom. The standard InChI is InChI=1S/C12H23NO/c1-10-6-7-13(12(10)9-14)8-11-4-2-3-5-11/h10-12,14H,2-9H2,1H3. The molecular weight excluding hydrogens is 174 g/mol. The third-order valence-corrected chi connectivity index (χ3v) is 4.15. The van der Waals surface area contributed by atoms with Crippen LogP contribution in [0.25, 0.3) is 0 Å². The van der Waals surface area contributed by atoms with E-state index in [0.717, 1.165) is 5.92 Å². The van der Waals surface area contributed by atoms with Crippen LogP contribution in [0.2, 0.25) is 0 Å². The maximum atomic E-state index is 9.34. The van der Waals surface area contributed by atoms with Crippen LogP contribution in [0.5, 0.6) is 0 Å². The first-order valence-corrected chi connectivity index (χ1v) is 6.16. The molecule has 2 nitrogen and oxygen atoms in total. The molecule has 0 spiro atoms. The van der Waals surface area contributed by atoms with Crippen molar-refractivity contribution in [3.05, 3.63) is 0 Å². The quantitative estimate of drug-likeness (QED) is 0.746. The van der Waals surface area contributed by atoms with Crippen molar-refractivity contribution in [3.8, 4) is 0 Å². The first-order valence-electron chi connectivity index (χ1n) is 6.16. The van der Waals surface area contributed by atoms with Gasteiger partial charge in [0.2, 0.25) is 0 Å². The zero-order valence-corrected chi connectivity index (χ0v) is 9.28. The van der Waals surface area contributed by atoms with E-state index in [2.05, 4.69) is 11.8 Å². The van der Waals surface area contributed by atoms with Gasteiger partial charge in [-0.1, -0.05) is 19.8 Å². The maximum absolute atomic E-state index is 9.34. The fourth-order valence-corrected chi connectivity index (χ4v) is 3.13. The molecule has 1 saturated heterocycles. The number of aliphatic hydroxyl groups is 1. The van der Waals surface area contributed by atoms with Crippen LogP contribution in [0.1, 0.15) is 39.0 Å². The normalized spacial score (nSPS) is 35.6. The summed E-state index contributed by atoms with van der Waals surface area (Å²) in [5.74, 6) is 1.62. The molecule has 2 fully saturated rings. The third kappa shape index (κ3) is 2.12. The molecule has 14 heavy (non-hydrogen) atoms. The molecule has 1 saturated carbocycles. The Hall–Kier alpha value is -0.0800. The molecule has 2 unspecified atom stereocenters. The predicted molar refractivity (Wildman–Crippen MR) is 58.2 cm³/mol. The lowest BCUT2D eigenvalue weighted by atomic mass is 10.0. The van der Waals surface area contributed by atoms with Gasteiger partial charge in [0.1, 0.15) is 0 Å². The van der Waals surface area contributed by atoms with E-state index >= 15 is 0 Å². The Morgan fingerprint density at radius 2 is 1.93 bits per heavy atom. The molecule has 2 heteroatoms. The second-order valence-corrected chi connectivity index (χ2v) is 5.16. The summed E-state index contributed by atoms with van der Waals surface area (Å²) in [4.78, 5) is 2.53. The summed E-state index contributed by atoms with van der Waals surface area (Å²) in [6, 6.07) is 0.454. The molecule has 1 heterocycles. The monoisotopic (exact) mass is 197 g/mol. The highest BCUT2D eigenvalue weighted by molar-refractivity contribution is 4.86. The molecule has 2 atom stereocenters. The second kappa shape index (κ2) is 4.63. The van der Waals surface area contributed by atoms with Crippen molar-refractivity contribution in [3.63, 3.8) is 0 Å². The Balaban J connectivity index is 1.84. The Kier molecular flexibility index (Phi) is 3.45. The highest BCUT2D eigenvalue weighted by Crippen LogP contribution is 2.30. The minimum atomic E-state index is 0.355. The van der Waals surface area contributed by atoms with Crippen LogP contribution in [0, 0.1) is 11.8 Å². The molecule has 1 N–H and O–H groups in total. The van der Waals surface area contributed by atoms with Crippen LogP contribution in [-0.4, -0.2) is 35.7 Å². The van der Waals surface area contributed by atoms with Gasteiger partial charge >= 0.3 is 0 Å². The largest absolute Gasteiger partial charge is 0.395 e. The van der Waals surface area contributed by atoms with Gasteiger partial charge in [-0.05, 0) is 37.6 Å². The summed E-state index contributed by atoms with van der Waals surface area (Å²) in [5.41, 5.74) is 0. The van der Waals surface area contributed by atoms with Crippen LogP contribution < -0.4 is 0 Å². The maximum Gasteiger partial charge on any atom is 0.0589 e. The summed E-state index contributed by atoms with van der Waals surface area (Å²) in [7, 11) is 0. The summed E-state index contributed by atoms with van der Waals surface area (Å²) in [6.45, 7) is 5.09. The predicted octanol–water partition coefficient (Wildman–Crippen LogP) is 1.88. The smallest absolute Gasteiger partial charge is 0.0589 e. The molecule has 1 aliphatic carbocycles. The van der Waals surface area contributed by atoms with Crippen molar-refractivity contribution < 1.29 is 5.11 Å². The Morgan fingerprint density at radius 3 is 2.57 bits per heavy atom. The van der Waals surface area contributed by atoms with Crippen molar-refractivity contribution in [2.75, 3.05) is 19.7 Å². The van der Waals surface area contributed by atoms with Crippen LogP contribution >= 0.6 is 0 Å². The average Bonchev–Trinajstić information content (AvgIpc) is 2.77.